The van der Waals surface area contributed by atoms with Crippen molar-refractivity contribution in [3.05, 3.63) is 85.1 Å². The van der Waals surface area contributed by atoms with E-state index >= 15 is 0 Å². The molecule has 13 heteroatoms. The van der Waals surface area contributed by atoms with E-state index < -0.39 is 63.8 Å². The van der Waals surface area contributed by atoms with Gasteiger partial charge >= 0.3 is 25.7 Å². The summed E-state index contributed by atoms with van der Waals surface area (Å²) in [6, 6.07) is -1.55. The summed E-state index contributed by atoms with van der Waals surface area (Å²) in [5.41, 5.74) is 5.31. The molecule has 0 bridgehead atoms. The number of phosphoric ester groups is 1. The maximum atomic E-state index is 12.6. The molecule has 0 heterocycles. The Bertz CT molecular complexity index is 1300. The second kappa shape index (κ2) is 38.2. The lowest BCUT2D eigenvalue weighted by Gasteiger charge is -2.20. The standard InChI is InChI=1S/C44H72NO11P/c1-3-5-7-9-11-13-15-17-18-20-22-24-26-28-30-34-43(48)56-40(37-54-57(51,52)55-38-41(45)44(49)50)36-53-42(47)35-31-33-39(46)32-29-27-25-23-21-19-16-14-12-10-8-6-4-2/h6,8,11-14,17-19,21,25,27,29,32,39-41,46H,3-5,7,9-10,15-16,20,22-24,26,28,30-31,33-38,45H2,1-2H3,(H,49,50)(H,51,52)/b8-6-,13-11-,14-12-,18-17-,21-19-,27-25-,32-29+/t39?,40-,41+/m1/s1. The van der Waals surface area contributed by atoms with Gasteiger partial charge in [0.15, 0.2) is 6.10 Å². The molecule has 0 amide bonds. The number of aliphatic carboxylic acids is 1. The van der Waals surface area contributed by atoms with Crippen LogP contribution in [0.4, 0.5) is 0 Å². The summed E-state index contributed by atoms with van der Waals surface area (Å²) < 4.78 is 32.5. The summed E-state index contributed by atoms with van der Waals surface area (Å²) in [5, 5.41) is 19.1. The Labute approximate surface area is 342 Å². The Balaban J connectivity index is 4.63. The third-order valence-corrected chi connectivity index (χ3v) is 9.18. The Morgan fingerprint density at radius 2 is 1.19 bits per heavy atom. The Kier molecular flexibility index (Phi) is 35.9. The van der Waals surface area contributed by atoms with Gasteiger partial charge in [0, 0.05) is 12.8 Å². The van der Waals surface area contributed by atoms with E-state index in [1.165, 1.54) is 19.3 Å². The maximum Gasteiger partial charge on any atom is 0.472 e. The summed E-state index contributed by atoms with van der Waals surface area (Å²) >= 11 is 0. The van der Waals surface area contributed by atoms with Crippen LogP contribution in [0.3, 0.4) is 0 Å². The summed E-state index contributed by atoms with van der Waals surface area (Å²) in [6.07, 6.45) is 42.5. The van der Waals surface area contributed by atoms with Crippen LogP contribution in [0, 0.1) is 0 Å². The molecular formula is C44H72NO11P. The third-order valence-electron chi connectivity index (χ3n) is 8.23. The predicted molar refractivity (Wildman–Crippen MR) is 227 cm³/mol. The van der Waals surface area contributed by atoms with E-state index in [0.717, 1.165) is 70.6 Å². The van der Waals surface area contributed by atoms with Gasteiger partial charge in [0.05, 0.1) is 19.3 Å². The first-order valence-electron chi connectivity index (χ1n) is 20.7. The minimum atomic E-state index is -4.77. The van der Waals surface area contributed by atoms with E-state index in [-0.39, 0.29) is 12.8 Å². The molecule has 2 unspecified atom stereocenters. The van der Waals surface area contributed by atoms with Gasteiger partial charge in [-0.3, -0.25) is 23.4 Å². The molecule has 5 N–H and O–H groups in total. The quantitative estimate of drug-likeness (QED) is 0.0153. The highest BCUT2D eigenvalue weighted by Gasteiger charge is 2.28. The molecule has 0 saturated heterocycles. The average Bonchev–Trinajstić information content (AvgIpc) is 3.18. The van der Waals surface area contributed by atoms with E-state index in [1.807, 2.05) is 12.2 Å². The fourth-order valence-electron chi connectivity index (χ4n) is 4.94. The number of allylic oxidation sites excluding steroid dienone is 13. The molecule has 0 spiro atoms. The number of carbonyl (C=O) groups excluding carboxylic acids is 2. The van der Waals surface area contributed by atoms with Gasteiger partial charge in [-0.15, -0.1) is 0 Å². The van der Waals surface area contributed by atoms with Crippen molar-refractivity contribution in [1.29, 1.82) is 0 Å². The number of esters is 2. The molecule has 324 valence electrons. The monoisotopic (exact) mass is 821 g/mol. The van der Waals surface area contributed by atoms with E-state index in [1.54, 1.807) is 12.2 Å². The van der Waals surface area contributed by atoms with Crippen molar-refractivity contribution < 1.29 is 52.6 Å². The number of carboxylic acid groups (broad SMARTS) is 1. The minimum absolute atomic E-state index is 0.0168. The van der Waals surface area contributed by atoms with Crippen LogP contribution in [0.25, 0.3) is 0 Å². The molecule has 0 aromatic rings. The molecular weight excluding hydrogens is 749 g/mol. The number of phosphoric acid groups is 1. The maximum absolute atomic E-state index is 12.6. The highest BCUT2D eigenvalue weighted by atomic mass is 31.2. The van der Waals surface area contributed by atoms with Gasteiger partial charge in [0.1, 0.15) is 12.6 Å². The van der Waals surface area contributed by atoms with Crippen LogP contribution in [0.15, 0.2) is 85.1 Å². The SMILES string of the molecule is CC/C=C\C/C=C\C/C=C\C/C=C\C=C\C(O)CCCC(=O)OC[C@H](COP(=O)(O)OC[C@H](N)C(=O)O)OC(=O)CCCCCCC/C=C\C/C=C\CCCCC. The average molecular weight is 822 g/mol. The number of aliphatic hydroxyl groups is 1. The Morgan fingerprint density at radius 1 is 0.649 bits per heavy atom. The number of carboxylic acids is 1. The van der Waals surface area contributed by atoms with Crippen molar-refractivity contribution >= 4 is 25.7 Å². The number of aliphatic hydroxyl groups excluding tert-OH is 1. The molecule has 0 aliphatic carbocycles. The molecule has 0 aliphatic rings. The normalized spacial score (nSPS) is 15.2. The molecule has 0 rings (SSSR count). The zero-order chi connectivity index (χ0) is 42.2. The van der Waals surface area contributed by atoms with Gasteiger partial charge in [-0.2, -0.15) is 0 Å². The van der Waals surface area contributed by atoms with E-state index in [9.17, 15) is 28.9 Å². The summed E-state index contributed by atoms with van der Waals surface area (Å²) in [4.78, 5) is 45.9. The number of hydrogen-bond acceptors (Lipinski definition) is 10. The number of nitrogens with two attached hydrogens (primary N) is 1. The van der Waals surface area contributed by atoms with Crippen molar-refractivity contribution in [1.82, 2.24) is 0 Å². The third kappa shape index (κ3) is 37.9. The number of ether oxygens (including phenoxy) is 2. The lowest BCUT2D eigenvalue weighted by Crippen LogP contribution is -2.34. The molecule has 4 atom stereocenters. The first kappa shape index (κ1) is 53.6. The highest BCUT2D eigenvalue weighted by molar-refractivity contribution is 7.47. The van der Waals surface area contributed by atoms with Crippen molar-refractivity contribution in [2.24, 2.45) is 5.73 Å². The Morgan fingerprint density at radius 3 is 1.82 bits per heavy atom. The van der Waals surface area contributed by atoms with Gasteiger partial charge in [-0.1, -0.05) is 131 Å². The van der Waals surface area contributed by atoms with Crippen molar-refractivity contribution in [3.63, 3.8) is 0 Å². The van der Waals surface area contributed by atoms with Crippen molar-refractivity contribution in [2.75, 3.05) is 19.8 Å². The zero-order valence-corrected chi connectivity index (χ0v) is 35.4. The number of hydrogen-bond donors (Lipinski definition) is 4. The van der Waals surface area contributed by atoms with Gasteiger partial charge in [-0.25, -0.2) is 4.57 Å². The molecule has 0 aromatic carbocycles. The van der Waals surface area contributed by atoms with E-state index in [4.69, 9.17) is 24.8 Å². The fourth-order valence-corrected chi connectivity index (χ4v) is 5.72. The lowest BCUT2D eigenvalue weighted by atomic mass is 10.1. The first-order chi connectivity index (χ1) is 27.5. The molecule has 0 aromatic heterocycles. The minimum Gasteiger partial charge on any atom is -0.480 e. The predicted octanol–water partition coefficient (Wildman–Crippen LogP) is 9.69. The molecule has 12 nitrogen and oxygen atoms in total. The smallest absolute Gasteiger partial charge is 0.472 e. The van der Waals surface area contributed by atoms with Gasteiger partial charge in [0.25, 0.3) is 0 Å². The number of rotatable bonds is 37. The second-order valence-electron chi connectivity index (χ2n) is 13.6. The summed E-state index contributed by atoms with van der Waals surface area (Å²) in [6.45, 7) is 2.42. The second-order valence-corrected chi connectivity index (χ2v) is 15.0. The molecule has 0 saturated carbocycles. The molecule has 0 aliphatic heterocycles. The van der Waals surface area contributed by atoms with E-state index in [2.05, 4.69) is 79.1 Å². The zero-order valence-electron chi connectivity index (χ0n) is 34.5. The van der Waals surface area contributed by atoms with Crippen LogP contribution in [0.2, 0.25) is 0 Å². The number of carbonyl (C=O) groups is 3. The topological polar surface area (TPSA) is 192 Å². The van der Waals surface area contributed by atoms with Crippen molar-refractivity contribution in [2.45, 2.75) is 154 Å². The summed E-state index contributed by atoms with van der Waals surface area (Å²) in [7, 11) is -4.77. The van der Waals surface area contributed by atoms with Gasteiger partial charge < -0.3 is 30.3 Å². The van der Waals surface area contributed by atoms with Crippen LogP contribution in [0.1, 0.15) is 136 Å². The highest BCUT2D eigenvalue weighted by Crippen LogP contribution is 2.43. The Hall–Kier alpha value is -3.38. The fraction of sp³-hybridized carbons (Fsp3) is 0.614. The number of unbranched alkanes of at least 4 members (excludes halogenated alkanes) is 8. The van der Waals surface area contributed by atoms with Crippen LogP contribution < -0.4 is 5.73 Å². The van der Waals surface area contributed by atoms with Gasteiger partial charge in [0.2, 0.25) is 0 Å². The van der Waals surface area contributed by atoms with Crippen LogP contribution in [-0.2, 0) is 37.5 Å². The molecule has 57 heavy (non-hydrogen) atoms. The van der Waals surface area contributed by atoms with Crippen LogP contribution in [0.5, 0.6) is 0 Å². The van der Waals surface area contributed by atoms with Crippen molar-refractivity contribution in [3.8, 4) is 0 Å². The summed E-state index contributed by atoms with van der Waals surface area (Å²) in [5.74, 6) is -2.64. The molecule has 0 radical (unpaired) electrons. The largest absolute Gasteiger partial charge is 0.480 e. The van der Waals surface area contributed by atoms with Crippen LogP contribution >= 0.6 is 7.82 Å². The van der Waals surface area contributed by atoms with E-state index in [0.29, 0.717) is 19.3 Å². The van der Waals surface area contributed by atoms with Crippen LogP contribution in [-0.4, -0.2) is 71.1 Å². The first-order valence-corrected chi connectivity index (χ1v) is 22.2. The molecule has 0 fully saturated rings. The van der Waals surface area contributed by atoms with Gasteiger partial charge in [-0.05, 0) is 77.0 Å². The lowest BCUT2D eigenvalue weighted by molar-refractivity contribution is -0.161.